The summed E-state index contributed by atoms with van der Waals surface area (Å²) >= 11 is 0. The fourth-order valence-corrected chi connectivity index (χ4v) is 0.797. The number of nitrogens with zero attached hydrogens (tertiary/aromatic N) is 1. The normalized spacial score (nSPS) is 8.92. The van der Waals surface area contributed by atoms with Gasteiger partial charge in [-0.1, -0.05) is 6.07 Å². The van der Waals surface area contributed by atoms with Crippen LogP contribution in [0, 0.1) is 17.1 Å². The van der Waals surface area contributed by atoms with Crippen LogP contribution in [0.3, 0.4) is 0 Å². The topological polar surface area (TPSA) is 50.1 Å². The van der Waals surface area contributed by atoms with Crippen molar-refractivity contribution in [2.24, 2.45) is 0 Å². The van der Waals surface area contributed by atoms with E-state index in [1.165, 1.54) is 18.2 Å². The zero-order valence-corrected chi connectivity index (χ0v) is 6.66. The molecule has 1 aromatic carbocycles. The van der Waals surface area contributed by atoms with Crippen molar-refractivity contribution in [1.82, 2.24) is 0 Å². The summed E-state index contributed by atoms with van der Waals surface area (Å²) < 4.78 is 17.0. The molecule has 1 aromatic rings. The molecule has 0 aliphatic carbocycles. The van der Waals surface area contributed by atoms with Crippen molar-refractivity contribution >= 4 is 5.97 Å². The molecule has 1 rings (SSSR count). The van der Waals surface area contributed by atoms with Crippen molar-refractivity contribution in [3.63, 3.8) is 0 Å². The lowest BCUT2D eigenvalue weighted by atomic mass is 10.2. The molecule has 0 fully saturated rings. The average molecular weight is 179 g/mol. The van der Waals surface area contributed by atoms with Gasteiger partial charge in [0.25, 0.3) is 0 Å². The smallest absolute Gasteiger partial charge is 0.339 e. The maximum atomic E-state index is 12.6. The Morgan fingerprint density at radius 2 is 2.38 bits per heavy atom. The van der Waals surface area contributed by atoms with Crippen molar-refractivity contribution in [2.45, 2.75) is 0 Å². The van der Waals surface area contributed by atoms with Crippen molar-refractivity contribution in [3.8, 4) is 6.07 Å². The maximum Gasteiger partial charge on any atom is 0.339 e. The Morgan fingerprint density at radius 3 is 3.00 bits per heavy atom. The zero-order chi connectivity index (χ0) is 9.68. The van der Waals surface area contributed by atoms with Gasteiger partial charge in [-0.05, 0) is 18.2 Å². The largest absolute Gasteiger partial charge is 0.447 e. The van der Waals surface area contributed by atoms with Crippen LogP contribution in [-0.4, -0.2) is 12.6 Å². The van der Waals surface area contributed by atoms with Gasteiger partial charge < -0.3 is 4.74 Å². The lowest BCUT2D eigenvalue weighted by Gasteiger charge is -1.99. The first-order chi connectivity index (χ1) is 6.24. The van der Waals surface area contributed by atoms with Gasteiger partial charge in [0.1, 0.15) is 11.9 Å². The summed E-state index contributed by atoms with van der Waals surface area (Å²) in [5.41, 5.74) is 0.107. The summed E-state index contributed by atoms with van der Waals surface area (Å²) in [4.78, 5) is 11.0. The molecule has 0 saturated heterocycles. The second-order valence-electron chi connectivity index (χ2n) is 2.24. The van der Waals surface area contributed by atoms with E-state index in [0.29, 0.717) is 0 Å². The molecule has 4 heteroatoms. The van der Waals surface area contributed by atoms with Crippen LogP contribution in [0.5, 0.6) is 0 Å². The standard InChI is InChI=1S/C9H6FNO2/c10-8-3-1-2-7(6-8)9(12)13-5-4-11/h1-3,6H,5H2. The Morgan fingerprint density at radius 1 is 1.62 bits per heavy atom. The number of rotatable bonds is 2. The Bertz CT molecular complexity index is 357. The lowest BCUT2D eigenvalue weighted by molar-refractivity contribution is 0.0554. The minimum absolute atomic E-state index is 0.107. The molecule has 0 N–H and O–H groups in total. The SMILES string of the molecule is N#CCOC(=O)c1cccc(F)c1. The van der Waals surface area contributed by atoms with Gasteiger partial charge >= 0.3 is 5.97 Å². The number of halogens is 1. The number of carbonyl (C=O) groups excluding carboxylic acids is 1. The van der Waals surface area contributed by atoms with Gasteiger partial charge in [0, 0.05) is 0 Å². The third-order valence-corrected chi connectivity index (χ3v) is 1.33. The Labute approximate surface area is 74.4 Å². The van der Waals surface area contributed by atoms with E-state index in [2.05, 4.69) is 4.74 Å². The van der Waals surface area contributed by atoms with Crippen molar-refractivity contribution < 1.29 is 13.9 Å². The molecular formula is C9H6FNO2. The number of carbonyl (C=O) groups is 1. The van der Waals surface area contributed by atoms with Crippen LogP contribution in [0.1, 0.15) is 10.4 Å². The summed E-state index contributed by atoms with van der Waals surface area (Å²) in [7, 11) is 0. The van der Waals surface area contributed by atoms with E-state index in [9.17, 15) is 9.18 Å². The minimum Gasteiger partial charge on any atom is -0.447 e. The number of hydrogen-bond acceptors (Lipinski definition) is 3. The van der Waals surface area contributed by atoms with Crippen molar-refractivity contribution in [1.29, 1.82) is 5.26 Å². The fourth-order valence-electron chi connectivity index (χ4n) is 0.797. The molecule has 13 heavy (non-hydrogen) atoms. The Balaban J connectivity index is 2.72. The van der Waals surface area contributed by atoms with Crippen LogP contribution in [0.15, 0.2) is 24.3 Å². The third kappa shape index (κ3) is 2.56. The van der Waals surface area contributed by atoms with E-state index < -0.39 is 11.8 Å². The summed E-state index contributed by atoms with van der Waals surface area (Å²) in [5, 5.41) is 8.12. The molecule has 0 amide bonds. The van der Waals surface area contributed by atoms with E-state index in [-0.39, 0.29) is 12.2 Å². The first-order valence-electron chi connectivity index (χ1n) is 3.53. The fraction of sp³-hybridized carbons (Fsp3) is 0.111. The van der Waals surface area contributed by atoms with Crippen molar-refractivity contribution in [2.75, 3.05) is 6.61 Å². The molecule has 0 spiro atoms. The molecule has 0 atom stereocenters. The van der Waals surface area contributed by atoms with Gasteiger partial charge in [-0.3, -0.25) is 0 Å². The van der Waals surface area contributed by atoms with Gasteiger partial charge in [-0.15, -0.1) is 0 Å². The van der Waals surface area contributed by atoms with E-state index in [4.69, 9.17) is 5.26 Å². The van der Waals surface area contributed by atoms with E-state index in [0.717, 1.165) is 6.07 Å². The molecule has 0 unspecified atom stereocenters. The number of hydrogen-bond donors (Lipinski definition) is 0. The first-order valence-corrected chi connectivity index (χ1v) is 3.53. The molecule has 0 aromatic heterocycles. The molecule has 3 nitrogen and oxygen atoms in total. The number of benzene rings is 1. The molecule has 0 bridgehead atoms. The number of nitriles is 1. The number of ether oxygens (including phenoxy) is 1. The third-order valence-electron chi connectivity index (χ3n) is 1.33. The van der Waals surface area contributed by atoms with Gasteiger partial charge in [-0.25, -0.2) is 9.18 Å². The lowest BCUT2D eigenvalue weighted by Crippen LogP contribution is -2.05. The van der Waals surface area contributed by atoms with E-state index >= 15 is 0 Å². The molecule has 0 saturated carbocycles. The summed E-state index contributed by atoms with van der Waals surface area (Å²) in [5.74, 6) is -1.20. The molecule has 0 heterocycles. The summed E-state index contributed by atoms with van der Waals surface area (Å²) in [6, 6.07) is 6.75. The monoisotopic (exact) mass is 179 g/mol. The minimum atomic E-state index is -0.693. The summed E-state index contributed by atoms with van der Waals surface area (Å²) in [6.45, 7) is -0.324. The predicted octanol–water partition coefficient (Wildman–Crippen LogP) is 1.51. The van der Waals surface area contributed by atoms with Crippen LogP contribution in [0.25, 0.3) is 0 Å². The summed E-state index contributed by atoms with van der Waals surface area (Å²) in [6.07, 6.45) is 0. The predicted molar refractivity (Wildman–Crippen MR) is 42.3 cm³/mol. The molecule has 0 aliphatic heterocycles. The maximum absolute atomic E-state index is 12.6. The molecule has 0 aliphatic rings. The second kappa shape index (κ2) is 4.21. The first kappa shape index (κ1) is 9.20. The zero-order valence-electron chi connectivity index (χ0n) is 6.66. The van der Waals surface area contributed by atoms with Crippen molar-refractivity contribution in [3.05, 3.63) is 35.6 Å². The molecule has 66 valence electrons. The van der Waals surface area contributed by atoms with Gasteiger partial charge in [-0.2, -0.15) is 5.26 Å². The Hall–Kier alpha value is -1.89. The van der Waals surface area contributed by atoms with E-state index in [1.54, 1.807) is 6.07 Å². The van der Waals surface area contributed by atoms with Crippen LogP contribution in [0.2, 0.25) is 0 Å². The molecular weight excluding hydrogens is 173 g/mol. The quantitative estimate of drug-likeness (QED) is 0.646. The highest BCUT2D eigenvalue weighted by Gasteiger charge is 2.06. The number of esters is 1. The highest BCUT2D eigenvalue weighted by atomic mass is 19.1. The van der Waals surface area contributed by atoms with Gasteiger partial charge in [0.15, 0.2) is 6.61 Å². The van der Waals surface area contributed by atoms with E-state index in [1.807, 2.05) is 0 Å². The average Bonchev–Trinajstić information content (AvgIpc) is 2.14. The highest BCUT2D eigenvalue weighted by Crippen LogP contribution is 2.04. The highest BCUT2D eigenvalue weighted by molar-refractivity contribution is 5.89. The molecule has 0 radical (unpaired) electrons. The van der Waals surface area contributed by atoms with Gasteiger partial charge in [0.2, 0.25) is 0 Å². The Kier molecular flexibility index (Phi) is 2.98. The van der Waals surface area contributed by atoms with Crippen LogP contribution >= 0.6 is 0 Å². The van der Waals surface area contributed by atoms with Crippen LogP contribution in [-0.2, 0) is 4.74 Å². The van der Waals surface area contributed by atoms with Crippen LogP contribution < -0.4 is 0 Å². The second-order valence-corrected chi connectivity index (χ2v) is 2.24. The van der Waals surface area contributed by atoms with Crippen LogP contribution in [0.4, 0.5) is 4.39 Å². The van der Waals surface area contributed by atoms with Gasteiger partial charge in [0.05, 0.1) is 5.56 Å².